The van der Waals surface area contributed by atoms with Crippen LogP contribution in [0.1, 0.15) is 31.7 Å². The summed E-state index contributed by atoms with van der Waals surface area (Å²) in [4.78, 5) is 13.3. The molecule has 5 nitrogen and oxygen atoms in total. The lowest BCUT2D eigenvalue weighted by atomic mass is 10.0. The average Bonchev–Trinajstić information content (AvgIpc) is 2.43. The van der Waals surface area contributed by atoms with E-state index in [1.807, 2.05) is 17.9 Å². The number of likely N-dealkylation sites (tertiary alicyclic amines) is 1. The molecule has 5 heteroatoms. The number of phenolic OH excluding ortho intramolecular Hbond substituents is 1. The van der Waals surface area contributed by atoms with E-state index in [1.54, 1.807) is 12.1 Å². The molecule has 1 aliphatic heterocycles. The Morgan fingerprint density at radius 2 is 2.25 bits per heavy atom. The van der Waals surface area contributed by atoms with E-state index in [1.165, 1.54) is 0 Å². The fourth-order valence-corrected chi connectivity index (χ4v) is 2.62. The molecule has 1 unspecified atom stereocenters. The molecule has 0 aromatic heterocycles. The van der Waals surface area contributed by atoms with E-state index in [4.69, 9.17) is 4.74 Å². The lowest BCUT2D eigenvalue weighted by Crippen LogP contribution is -2.43. The predicted octanol–water partition coefficient (Wildman–Crippen LogP) is 2.23. The van der Waals surface area contributed by atoms with Gasteiger partial charge in [-0.1, -0.05) is 12.5 Å². The van der Waals surface area contributed by atoms with Crippen LogP contribution in [0.3, 0.4) is 0 Å². The Kier molecular flexibility index (Phi) is 4.84. The van der Waals surface area contributed by atoms with Crippen molar-refractivity contribution >= 4 is 5.97 Å². The van der Waals surface area contributed by atoms with Gasteiger partial charge in [-0.3, -0.25) is 9.69 Å². The Morgan fingerprint density at radius 1 is 1.45 bits per heavy atom. The summed E-state index contributed by atoms with van der Waals surface area (Å²) in [6.07, 6.45) is 2.69. The highest BCUT2D eigenvalue weighted by molar-refractivity contribution is 5.73. The number of carbonyl (C=O) groups is 1. The van der Waals surface area contributed by atoms with Crippen molar-refractivity contribution in [2.45, 2.75) is 38.8 Å². The molecule has 1 aromatic rings. The first-order chi connectivity index (χ1) is 9.61. The van der Waals surface area contributed by atoms with E-state index in [2.05, 4.69) is 0 Å². The van der Waals surface area contributed by atoms with Crippen LogP contribution in [0.2, 0.25) is 0 Å². The summed E-state index contributed by atoms with van der Waals surface area (Å²) in [7, 11) is 0. The Labute approximate surface area is 118 Å². The maximum Gasteiger partial charge on any atom is 0.320 e. The number of aliphatic carboxylic acids is 1. The summed E-state index contributed by atoms with van der Waals surface area (Å²) in [6.45, 7) is 3.70. The number of hydrogen-bond acceptors (Lipinski definition) is 4. The molecule has 2 N–H and O–H groups in total. The van der Waals surface area contributed by atoms with E-state index in [9.17, 15) is 15.0 Å². The molecule has 0 radical (unpaired) electrons. The summed E-state index contributed by atoms with van der Waals surface area (Å²) >= 11 is 0. The molecule has 0 spiro atoms. The molecule has 20 heavy (non-hydrogen) atoms. The first kappa shape index (κ1) is 14.7. The summed E-state index contributed by atoms with van der Waals surface area (Å²) in [5, 5.41) is 18.9. The fourth-order valence-electron chi connectivity index (χ4n) is 2.62. The van der Waals surface area contributed by atoms with Crippen LogP contribution in [0.25, 0.3) is 0 Å². The van der Waals surface area contributed by atoms with Crippen LogP contribution in [0.4, 0.5) is 0 Å². The minimum atomic E-state index is -0.756. The van der Waals surface area contributed by atoms with Gasteiger partial charge in [0.05, 0.1) is 6.61 Å². The van der Waals surface area contributed by atoms with Gasteiger partial charge in [0, 0.05) is 6.54 Å². The van der Waals surface area contributed by atoms with Crippen molar-refractivity contribution in [2.75, 3.05) is 13.2 Å². The van der Waals surface area contributed by atoms with Gasteiger partial charge in [0.15, 0.2) is 11.5 Å². The molecule has 2 rings (SSSR count). The topological polar surface area (TPSA) is 70.0 Å². The number of hydrogen-bond donors (Lipinski definition) is 2. The first-order valence-electron chi connectivity index (χ1n) is 7.03. The SMILES string of the molecule is CCOc1cc(CN2CCCCC2C(=O)O)ccc1O. The van der Waals surface area contributed by atoms with Crippen LogP contribution in [0.5, 0.6) is 11.5 Å². The number of rotatable bonds is 5. The molecule has 0 bridgehead atoms. The summed E-state index contributed by atoms with van der Waals surface area (Å²) in [5.41, 5.74) is 0.958. The molecule has 110 valence electrons. The monoisotopic (exact) mass is 279 g/mol. The minimum absolute atomic E-state index is 0.115. The van der Waals surface area contributed by atoms with Gasteiger partial charge in [-0.2, -0.15) is 0 Å². The van der Waals surface area contributed by atoms with Crippen LogP contribution in [-0.4, -0.2) is 40.3 Å². The Bertz CT molecular complexity index is 475. The summed E-state index contributed by atoms with van der Waals surface area (Å²) < 4.78 is 5.36. The van der Waals surface area contributed by atoms with Crippen molar-refractivity contribution in [3.05, 3.63) is 23.8 Å². The zero-order valence-corrected chi connectivity index (χ0v) is 11.7. The fraction of sp³-hybridized carbons (Fsp3) is 0.533. The maximum atomic E-state index is 11.3. The largest absolute Gasteiger partial charge is 0.504 e. The Hall–Kier alpha value is -1.75. The van der Waals surface area contributed by atoms with E-state index < -0.39 is 12.0 Å². The molecule has 1 atom stereocenters. The van der Waals surface area contributed by atoms with Crippen molar-refractivity contribution in [3.63, 3.8) is 0 Å². The second-order valence-electron chi connectivity index (χ2n) is 5.06. The van der Waals surface area contributed by atoms with Gasteiger partial charge in [-0.25, -0.2) is 0 Å². The lowest BCUT2D eigenvalue weighted by Gasteiger charge is -2.32. The third-order valence-electron chi connectivity index (χ3n) is 3.61. The molecule has 1 saturated heterocycles. The molecule has 0 aliphatic carbocycles. The van der Waals surface area contributed by atoms with E-state index >= 15 is 0 Å². The van der Waals surface area contributed by atoms with Crippen LogP contribution < -0.4 is 4.74 Å². The number of nitrogens with zero attached hydrogens (tertiary/aromatic N) is 1. The molecule has 1 aliphatic rings. The molecule has 0 saturated carbocycles. The second-order valence-corrected chi connectivity index (χ2v) is 5.06. The maximum absolute atomic E-state index is 11.3. The van der Waals surface area contributed by atoms with Gasteiger partial charge in [0.25, 0.3) is 0 Å². The first-order valence-corrected chi connectivity index (χ1v) is 7.03. The second kappa shape index (κ2) is 6.61. The Morgan fingerprint density at radius 3 is 2.95 bits per heavy atom. The number of ether oxygens (including phenoxy) is 1. The predicted molar refractivity (Wildman–Crippen MR) is 75.0 cm³/mol. The smallest absolute Gasteiger partial charge is 0.320 e. The quantitative estimate of drug-likeness (QED) is 0.865. The van der Waals surface area contributed by atoms with Gasteiger partial charge < -0.3 is 14.9 Å². The standard InChI is InChI=1S/C15H21NO4/c1-2-20-14-9-11(6-7-13(14)17)10-16-8-4-3-5-12(16)15(18)19/h6-7,9,12,17H,2-5,8,10H2,1H3,(H,18,19). The molecule has 1 heterocycles. The van der Waals surface area contributed by atoms with Crippen molar-refractivity contribution in [1.29, 1.82) is 0 Å². The van der Waals surface area contributed by atoms with Crippen LogP contribution >= 0.6 is 0 Å². The van der Waals surface area contributed by atoms with E-state index in [0.717, 1.165) is 24.9 Å². The molecule has 1 fully saturated rings. The third-order valence-corrected chi connectivity index (χ3v) is 3.61. The summed E-state index contributed by atoms with van der Waals surface area (Å²) in [6, 6.07) is 4.78. The average molecular weight is 279 g/mol. The number of benzene rings is 1. The zero-order valence-electron chi connectivity index (χ0n) is 11.7. The highest BCUT2D eigenvalue weighted by Gasteiger charge is 2.28. The van der Waals surface area contributed by atoms with Crippen LogP contribution in [-0.2, 0) is 11.3 Å². The molecular weight excluding hydrogens is 258 g/mol. The molecular formula is C15H21NO4. The molecule has 1 aromatic carbocycles. The van der Waals surface area contributed by atoms with Crippen LogP contribution in [0, 0.1) is 0 Å². The minimum Gasteiger partial charge on any atom is -0.504 e. The van der Waals surface area contributed by atoms with Gasteiger partial charge in [0.1, 0.15) is 6.04 Å². The van der Waals surface area contributed by atoms with Crippen LogP contribution in [0.15, 0.2) is 18.2 Å². The highest BCUT2D eigenvalue weighted by Crippen LogP contribution is 2.28. The van der Waals surface area contributed by atoms with E-state index in [0.29, 0.717) is 25.3 Å². The van der Waals surface area contributed by atoms with Gasteiger partial charge in [-0.05, 0) is 44.0 Å². The van der Waals surface area contributed by atoms with Gasteiger partial charge in [-0.15, -0.1) is 0 Å². The number of piperidine rings is 1. The Balaban J connectivity index is 2.11. The van der Waals surface area contributed by atoms with Gasteiger partial charge in [0.2, 0.25) is 0 Å². The summed E-state index contributed by atoms with van der Waals surface area (Å²) in [5.74, 6) is -0.188. The van der Waals surface area contributed by atoms with Gasteiger partial charge >= 0.3 is 5.97 Å². The van der Waals surface area contributed by atoms with Crippen molar-refractivity contribution in [1.82, 2.24) is 4.90 Å². The number of carboxylic acid groups (broad SMARTS) is 1. The van der Waals surface area contributed by atoms with Crippen molar-refractivity contribution in [2.24, 2.45) is 0 Å². The number of phenols is 1. The normalized spacial score (nSPS) is 19.8. The van der Waals surface area contributed by atoms with Crippen molar-refractivity contribution < 1.29 is 19.7 Å². The highest BCUT2D eigenvalue weighted by atomic mass is 16.5. The number of aromatic hydroxyl groups is 1. The zero-order chi connectivity index (χ0) is 14.5. The lowest BCUT2D eigenvalue weighted by molar-refractivity contribution is -0.144. The van der Waals surface area contributed by atoms with E-state index in [-0.39, 0.29) is 5.75 Å². The number of carboxylic acids is 1. The van der Waals surface area contributed by atoms with Crippen molar-refractivity contribution in [3.8, 4) is 11.5 Å². The third kappa shape index (κ3) is 3.42. The molecule has 0 amide bonds.